The van der Waals surface area contributed by atoms with Crippen LogP contribution in [0.1, 0.15) is 13.8 Å². The summed E-state index contributed by atoms with van der Waals surface area (Å²) in [5.74, 6) is 0. The van der Waals surface area contributed by atoms with Crippen molar-refractivity contribution >= 4 is 40.9 Å². The zero-order chi connectivity index (χ0) is 7.28. The number of rotatable bonds is 2. The molecule has 0 radical (unpaired) electrons. The molecule has 0 aliphatic carbocycles. The molecule has 4 heteroatoms. The third-order valence-electron chi connectivity index (χ3n) is 1.24. The topological polar surface area (TPSA) is 27.1 Å². The Hall–Kier alpha value is 0.550. The van der Waals surface area contributed by atoms with Crippen LogP contribution in [0.3, 0.4) is 0 Å². The van der Waals surface area contributed by atoms with Gasteiger partial charge in [-0.25, -0.2) is 0 Å². The number of amidine groups is 1. The Kier molecular flexibility index (Phi) is 10.1. The van der Waals surface area contributed by atoms with Gasteiger partial charge in [-0.3, -0.25) is 5.41 Å². The van der Waals surface area contributed by atoms with E-state index in [1.165, 1.54) is 11.8 Å². The second-order valence-corrected chi connectivity index (χ2v) is 2.48. The molecule has 62 valence electrons. The Morgan fingerprint density at radius 3 is 1.90 bits per heavy atom. The molecule has 1 N–H and O–H groups in total. The molecule has 0 amide bonds. The molecule has 0 heterocycles. The zero-order valence-corrected chi connectivity index (χ0v) is 9.82. The van der Waals surface area contributed by atoms with Crippen molar-refractivity contribution in [3.05, 3.63) is 0 Å². The van der Waals surface area contributed by atoms with Gasteiger partial charge in [-0.2, -0.15) is 0 Å². The zero-order valence-electron chi connectivity index (χ0n) is 6.68. The smallest absolute Gasteiger partial charge is 0.156 e. The fourth-order valence-electron chi connectivity index (χ4n) is 0.640. The van der Waals surface area contributed by atoms with E-state index in [0.717, 1.165) is 13.1 Å². The molecule has 2 nitrogen and oxygen atoms in total. The minimum atomic E-state index is 0. The molecule has 10 heavy (non-hydrogen) atoms. The normalized spacial score (nSPS) is 8.30. The number of hydrogen-bond donors (Lipinski definition) is 1. The average Bonchev–Trinajstić information content (AvgIpc) is 1.90. The standard InChI is InChI=1S/C6H14N2S.HI/c1-4-8(5-2)6(7)9-3;/h7H,4-5H2,1-3H3;1H. The highest BCUT2D eigenvalue weighted by Gasteiger charge is 2.00. The SMILES string of the molecule is CCN(CC)C(=N)SC.I. The first kappa shape index (κ1) is 13.2. The maximum Gasteiger partial charge on any atom is 0.156 e. The molecule has 0 aromatic heterocycles. The van der Waals surface area contributed by atoms with Crippen molar-refractivity contribution in [3.63, 3.8) is 0 Å². The number of thioether (sulfide) groups is 1. The number of hydrogen-bond acceptors (Lipinski definition) is 2. The van der Waals surface area contributed by atoms with Crippen LogP contribution in [0.15, 0.2) is 0 Å². The molecule has 0 fully saturated rings. The van der Waals surface area contributed by atoms with Gasteiger partial charge in [0.05, 0.1) is 0 Å². The Morgan fingerprint density at radius 1 is 1.40 bits per heavy atom. The monoisotopic (exact) mass is 274 g/mol. The van der Waals surface area contributed by atoms with Gasteiger partial charge in [0.15, 0.2) is 5.17 Å². The Balaban J connectivity index is 0. The first-order valence-electron chi connectivity index (χ1n) is 3.13. The van der Waals surface area contributed by atoms with Gasteiger partial charge in [-0.05, 0) is 20.1 Å². The molecule has 0 atom stereocenters. The van der Waals surface area contributed by atoms with Crippen LogP contribution in [0.2, 0.25) is 0 Å². The van der Waals surface area contributed by atoms with Crippen LogP contribution in [-0.4, -0.2) is 29.4 Å². The molecule has 0 bridgehead atoms. The minimum absolute atomic E-state index is 0. The van der Waals surface area contributed by atoms with Crippen LogP contribution >= 0.6 is 35.7 Å². The molecule has 0 aliphatic rings. The molecule has 0 spiro atoms. The van der Waals surface area contributed by atoms with E-state index in [0.29, 0.717) is 5.17 Å². The first-order chi connectivity index (χ1) is 4.26. The average molecular weight is 274 g/mol. The molecule has 0 unspecified atom stereocenters. The molecule has 0 saturated carbocycles. The quantitative estimate of drug-likeness (QED) is 0.475. The van der Waals surface area contributed by atoms with Crippen LogP contribution in [0, 0.1) is 5.41 Å². The van der Waals surface area contributed by atoms with Crippen LogP contribution in [-0.2, 0) is 0 Å². The summed E-state index contributed by atoms with van der Waals surface area (Å²) < 4.78 is 0. The van der Waals surface area contributed by atoms with Crippen molar-refractivity contribution in [1.29, 1.82) is 5.41 Å². The Morgan fingerprint density at radius 2 is 1.80 bits per heavy atom. The van der Waals surface area contributed by atoms with E-state index in [-0.39, 0.29) is 24.0 Å². The van der Waals surface area contributed by atoms with Gasteiger partial charge in [-0.15, -0.1) is 24.0 Å². The molecular formula is C6H15IN2S. The van der Waals surface area contributed by atoms with Gasteiger partial charge in [0.2, 0.25) is 0 Å². The first-order valence-corrected chi connectivity index (χ1v) is 4.36. The highest BCUT2D eigenvalue weighted by molar-refractivity contribution is 14.0. The van der Waals surface area contributed by atoms with Crippen LogP contribution in [0.25, 0.3) is 0 Å². The summed E-state index contributed by atoms with van der Waals surface area (Å²) in [6, 6.07) is 0. The predicted octanol–water partition coefficient (Wildman–Crippen LogP) is 2.24. The van der Waals surface area contributed by atoms with Gasteiger partial charge in [0.1, 0.15) is 0 Å². The van der Waals surface area contributed by atoms with Crippen molar-refractivity contribution in [2.45, 2.75) is 13.8 Å². The molecular weight excluding hydrogens is 259 g/mol. The van der Waals surface area contributed by atoms with Gasteiger partial charge in [0, 0.05) is 13.1 Å². The van der Waals surface area contributed by atoms with Crippen molar-refractivity contribution in [2.75, 3.05) is 19.3 Å². The minimum Gasteiger partial charge on any atom is -0.352 e. The van der Waals surface area contributed by atoms with Crippen LogP contribution < -0.4 is 0 Å². The third-order valence-corrected chi connectivity index (χ3v) is 1.89. The summed E-state index contributed by atoms with van der Waals surface area (Å²) in [5, 5.41) is 8.05. The maximum atomic E-state index is 7.38. The van der Waals surface area contributed by atoms with E-state index in [1.807, 2.05) is 11.2 Å². The summed E-state index contributed by atoms with van der Waals surface area (Å²) in [4.78, 5) is 2.02. The Bertz CT molecular complexity index is 93.7. The number of halogens is 1. The second kappa shape index (κ2) is 7.65. The lowest BCUT2D eigenvalue weighted by Gasteiger charge is -2.19. The summed E-state index contributed by atoms with van der Waals surface area (Å²) in [6.07, 6.45) is 1.93. The highest BCUT2D eigenvalue weighted by atomic mass is 127. The lowest BCUT2D eigenvalue weighted by molar-refractivity contribution is 0.472. The predicted molar refractivity (Wildman–Crippen MR) is 59.6 cm³/mol. The molecule has 0 saturated heterocycles. The lowest BCUT2D eigenvalue weighted by Crippen LogP contribution is -2.26. The van der Waals surface area contributed by atoms with Gasteiger partial charge in [0.25, 0.3) is 0 Å². The van der Waals surface area contributed by atoms with Crippen LogP contribution in [0.5, 0.6) is 0 Å². The van der Waals surface area contributed by atoms with Gasteiger partial charge < -0.3 is 4.90 Å². The summed E-state index contributed by atoms with van der Waals surface area (Å²) in [6.45, 7) is 6.01. The van der Waals surface area contributed by atoms with Crippen molar-refractivity contribution in [3.8, 4) is 0 Å². The number of nitrogens with one attached hydrogen (secondary N) is 1. The van der Waals surface area contributed by atoms with Crippen molar-refractivity contribution in [1.82, 2.24) is 4.90 Å². The summed E-state index contributed by atoms with van der Waals surface area (Å²) in [5.41, 5.74) is 0. The van der Waals surface area contributed by atoms with Crippen molar-refractivity contribution < 1.29 is 0 Å². The van der Waals surface area contributed by atoms with E-state index in [2.05, 4.69) is 13.8 Å². The molecule has 0 aromatic carbocycles. The highest BCUT2D eigenvalue weighted by Crippen LogP contribution is 2.00. The third kappa shape index (κ3) is 4.38. The van der Waals surface area contributed by atoms with Crippen molar-refractivity contribution in [2.24, 2.45) is 0 Å². The lowest BCUT2D eigenvalue weighted by atomic mass is 10.6. The van der Waals surface area contributed by atoms with E-state index in [1.54, 1.807) is 0 Å². The largest absolute Gasteiger partial charge is 0.352 e. The fourth-order valence-corrected chi connectivity index (χ4v) is 1.16. The summed E-state index contributed by atoms with van der Waals surface area (Å²) >= 11 is 1.49. The second-order valence-electron chi connectivity index (χ2n) is 1.68. The van der Waals surface area contributed by atoms with Crippen LogP contribution in [0.4, 0.5) is 0 Å². The van der Waals surface area contributed by atoms with E-state index >= 15 is 0 Å². The molecule has 0 aromatic rings. The summed E-state index contributed by atoms with van der Waals surface area (Å²) in [7, 11) is 0. The molecule has 0 rings (SSSR count). The van der Waals surface area contributed by atoms with E-state index in [4.69, 9.17) is 5.41 Å². The molecule has 0 aliphatic heterocycles. The van der Waals surface area contributed by atoms with E-state index < -0.39 is 0 Å². The maximum absolute atomic E-state index is 7.38. The van der Waals surface area contributed by atoms with E-state index in [9.17, 15) is 0 Å². The Labute approximate surface area is 84.3 Å². The number of nitrogens with zero attached hydrogens (tertiary/aromatic N) is 1. The van der Waals surface area contributed by atoms with Gasteiger partial charge in [-0.1, -0.05) is 11.8 Å². The van der Waals surface area contributed by atoms with Gasteiger partial charge >= 0.3 is 0 Å². The fraction of sp³-hybridized carbons (Fsp3) is 0.833.